The molecule has 0 spiro atoms. The molecular formula is C21H22FN5O2. The number of halogens is 1. The molecule has 0 radical (unpaired) electrons. The number of amides is 1. The summed E-state index contributed by atoms with van der Waals surface area (Å²) in [6, 6.07) is 5.94. The number of carbonyl (C=O) groups excluding carboxylic acids is 1. The zero-order valence-corrected chi connectivity index (χ0v) is 16.4. The minimum atomic E-state index is -0.505. The maximum absolute atomic E-state index is 13.8. The SMILES string of the molecule is CCc1cncc(N2CCN(C(=O)c3nn(C)c(=O)c4ccc(F)cc34)CC2)c1. The highest BCUT2D eigenvalue weighted by Gasteiger charge is 2.26. The zero-order valence-electron chi connectivity index (χ0n) is 16.4. The Kier molecular flexibility index (Phi) is 5.00. The normalized spacial score (nSPS) is 14.4. The monoisotopic (exact) mass is 395 g/mol. The van der Waals surface area contributed by atoms with Gasteiger partial charge in [0.1, 0.15) is 5.82 Å². The Morgan fingerprint density at radius 2 is 1.86 bits per heavy atom. The van der Waals surface area contributed by atoms with E-state index >= 15 is 0 Å². The molecule has 1 aliphatic heterocycles. The maximum atomic E-state index is 13.8. The number of fused-ring (bicyclic) bond motifs is 1. The molecule has 3 heterocycles. The number of aryl methyl sites for hydroxylation is 2. The largest absolute Gasteiger partial charge is 0.367 e. The number of hydrogen-bond donors (Lipinski definition) is 0. The van der Waals surface area contributed by atoms with Crippen molar-refractivity contribution in [1.29, 1.82) is 0 Å². The van der Waals surface area contributed by atoms with Crippen molar-refractivity contribution in [1.82, 2.24) is 19.7 Å². The molecule has 0 aliphatic carbocycles. The van der Waals surface area contributed by atoms with Crippen LogP contribution in [0.2, 0.25) is 0 Å². The first-order valence-electron chi connectivity index (χ1n) is 9.62. The molecule has 1 amide bonds. The summed E-state index contributed by atoms with van der Waals surface area (Å²) in [4.78, 5) is 33.6. The van der Waals surface area contributed by atoms with Crippen LogP contribution in [0.25, 0.3) is 10.8 Å². The lowest BCUT2D eigenvalue weighted by Crippen LogP contribution is -2.49. The smallest absolute Gasteiger partial charge is 0.275 e. The van der Waals surface area contributed by atoms with E-state index in [0.29, 0.717) is 26.2 Å². The van der Waals surface area contributed by atoms with Gasteiger partial charge < -0.3 is 9.80 Å². The molecule has 8 heteroatoms. The molecule has 1 fully saturated rings. The van der Waals surface area contributed by atoms with Gasteiger partial charge in [0.15, 0.2) is 5.69 Å². The van der Waals surface area contributed by atoms with Gasteiger partial charge in [-0.15, -0.1) is 0 Å². The van der Waals surface area contributed by atoms with Gasteiger partial charge in [-0.2, -0.15) is 5.10 Å². The molecule has 0 bridgehead atoms. The minimum absolute atomic E-state index is 0.102. The molecule has 3 aromatic rings. The number of piperazine rings is 1. The van der Waals surface area contributed by atoms with E-state index in [1.165, 1.54) is 30.8 Å². The lowest BCUT2D eigenvalue weighted by Gasteiger charge is -2.36. The van der Waals surface area contributed by atoms with Crippen molar-refractivity contribution in [3.05, 3.63) is 64.1 Å². The van der Waals surface area contributed by atoms with Gasteiger partial charge in [-0.3, -0.25) is 14.6 Å². The summed E-state index contributed by atoms with van der Waals surface area (Å²) in [6.07, 6.45) is 4.61. The maximum Gasteiger partial charge on any atom is 0.275 e. The standard InChI is InChI=1S/C21H22FN5O2/c1-3-14-10-16(13-23-12-14)26-6-8-27(9-7-26)21(29)19-18-11-15(22)4-5-17(18)20(28)25(2)24-19/h4-5,10-13H,3,6-9H2,1-2H3. The van der Waals surface area contributed by atoms with E-state index in [1.807, 2.05) is 12.4 Å². The molecule has 0 unspecified atom stereocenters. The van der Waals surface area contributed by atoms with Crippen molar-refractivity contribution in [2.45, 2.75) is 13.3 Å². The first kappa shape index (κ1) is 19.0. The van der Waals surface area contributed by atoms with E-state index in [1.54, 1.807) is 4.90 Å². The Morgan fingerprint density at radius 3 is 2.59 bits per heavy atom. The third-order valence-corrected chi connectivity index (χ3v) is 5.33. The Bertz CT molecular complexity index is 1140. The van der Waals surface area contributed by atoms with Crippen LogP contribution in [0.5, 0.6) is 0 Å². The molecule has 150 valence electrons. The van der Waals surface area contributed by atoms with Crippen LogP contribution in [0, 0.1) is 5.82 Å². The fourth-order valence-electron chi connectivity index (χ4n) is 3.64. The summed E-state index contributed by atoms with van der Waals surface area (Å²) in [5.41, 5.74) is 1.96. The lowest BCUT2D eigenvalue weighted by atomic mass is 10.1. The number of aromatic nitrogens is 3. The van der Waals surface area contributed by atoms with E-state index in [9.17, 15) is 14.0 Å². The van der Waals surface area contributed by atoms with Crippen LogP contribution < -0.4 is 10.5 Å². The summed E-state index contributed by atoms with van der Waals surface area (Å²) in [5.74, 6) is -0.800. The van der Waals surface area contributed by atoms with Gasteiger partial charge in [0, 0.05) is 44.8 Å². The van der Waals surface area contributed by atoms with Crippen LogP contribution in [-0.4, -0.2) is 51.8 Å². The van der Waals surface area contributed by atoms with Crippen LogP contribution in [0.4, 0.5) is 10.1 Å². The van der Waals surface area contributed by atoms with Crippen molar-refractivity contribution in [3.8, 4) is 0 Å². The predicted octanol–water partition coefficient (Wildman–Crippen LogP) is 1.99. The van der Waals surface area contributed by atoms with Crippen molar-refractivity contribution in [2.24, 2.45) is 7.05 Å². The Hall–Kier alpha value is -3.29. The molecule has 29 heavy (non-hydrogen) atoms. The molecule has 1 aliphatic rings. The Morgan fingerprint density at radius 1 is 1.10 bits per heavy atom. The number of benzene rings is 1. The average molecular weight is 395 g/mol. The highest BCUT2D eigenvalue weighted by molar-refractivity contribution is 6.04. The Balaban J connectivity index is 1.58. The highest BCUT2D eigenvalue weighted by atomic mass is 19.1. The van der Waals surface area contributed by atoms with Gasteiger partial charge in [-0.05, 0) is 36.2 Å². The highest BCUT2D eigenvalue weighted by Crippen LogP contribution is 2.20. The zero-order chi connectivity index (χ0) is 20.5. The van der Waals surface area contributed by atoms with Gasteiger partial charge in [-0.25, -0.2) is 9.07 Å². The molecule has 1 saturated heterocycles. The quantitative estimate of drug-likeness (QED) is 0.678. The molecule has 0 atom stereocenters. The van der Waals surface area contributed by atoms with E-state index in [-0.39, 0.29) is 27.9 Å². The molecule has 7 nitrogen and oxygen atoms in total. The molecule has 0 saturated carbocycles. The predicted molar refractivity (Wildman–Crippen MR) is 109 cm³/mol. The summed E-state index contributed by atoms with van der Waals surface area (Å²) in [5, 5.41) is 4.68. The van der Waals surface area contributed by atoms with Crippen LogP contribution in [0.15, 0.2) is 41.5 Å². The summed E-state index contributed by atoms with van der Waals surface area (Å²) >= 11 is 0. The van der Waals surface area contributed by atoms with Gasteiger partial charge in [0.25, 0.3) is 11.5 Å². The van der Waals surface area contributed by atoms with Gasteiger partial charge >= 0.3 is 0 Å². The third kappa shape index (κ3) is 3.57. The molecule has 0 N–H and O–H groups in total. The van der Waals surface area contributed by atoms with Crippen molar-refractivity contribution < 1.29 is 9.18 Å². The van der Waals surface area contributed by atoms with Gasteiger partial charge in [0.05, 0.1) is 17.3 Å². The number of rotatable bonds is 3. The van der Waals surface area contributed by atoms with Gasteiger partial charge in [0.2, 0.25) is 0 Å². The topological polar surface area (TPSA) is 71.3 Å². The van der Waals surface area contributed by atoms with Crippen LogP contribution >= 0.6 is 0 Å². The van der Waals surface area contributed by atoms with E-state index in [2.05, 4.69) is 28.0 Å². The second-order valence-electron chi connectivity index (χ2n) is 7.15. The second kappa shape index (κ2) is 7.62. The molecule has 4 rings (SSSR count). The Labute approximate surface area is 167 Å². The summed E-state index contributed by atoms with van der Waals surface area (Å²) in [6.45, 7) is 4.44. The summed E-state index contributed by atoms with van der Waals surface area (Å²) in [7, 11) is 1.49. The number of nitrogens with zero attached hydrogens (tertiary/aromatic N) is 5. The van der Waals surface area contributed by atoms with Crippen LogP contribution in [0.3, 0.4) is 0 Å². The van der Waals surface area contributed by atoms with E-state index in [0.717, 1.165) is 16.8 Å². The van der Waals surface area contributed by atoms with Crippen LogP contribution in [-0.2, 0) is 13.5 Å². The van der Waals surface area contributed by atoms with E-state index in [4.69, 9.17) is 0 Å². The van der Waals surface area contributed by atoms with Gasteiger partial charge in [-0.1, -0.05) is 6.92 Å². The first-order chi connectivity index (χ1) is 14.0. The third-order valence-electron chi connectivity index (χ3n) is 5.33. The first-order valence-corrected chi connectivity index (χ1v) is 9.62. The molecule has 2 aromatic heterocycles. The second-order valence-corrected chi connectivity index (χ2v) is 7.15. The summed E-state index contributed by atoms with van der Waals surface area (Å²) < 4.78 is 14.9. The average Bonchev–Trinajstić information content (AvgIpc) is 2.76. The number of anilines is 1. The van der Waals surface area contributed by atoms with E-state index < -0.39 is 5.82 Å². The fourth-order valence-corrected chi connectivity index (χ4v) is 3.64. The number of pyridine rings is 1. The number of hydrogen-bond acceptors (Lipinski definition) is 5. The van der Waals surface area contributed by atoms with Crippen molar-refractivity contribution in [3.63, 3.8) is 0 Å². The van der Waals surface area contributed by atoms with Crippen molar-refractivity contribution >= 4 is 22.4 Å². The lowest BCUT2D eigenvalue weighted by molar-refractivity contribution is 0.0740. The molecule has 1 aromatic carbocycles. The van der Waals surface area contributed by atoms with Crippen LogP contribution in [0.1, 0.15) is 23.0 Å². The fraction of sp³-hybridized carbons (Fsp3) is 0.333. The number of carbonyl (C=O) groups is 1. The van der Waals surface area contributed by atoms with Crippen molar-refractivity contribution in [2.75, 3.05) is 31.1 Å². The molecular weight excluding hydrogens is 373 g/mol. The minimum Gasteiger partial charge on any atom is -0.367 e.